The van der Waals surface area contributed by atoms with Gasteiger partial charge in [-0.2, -0.15) is 0 Å². The van der Waals surface area contributed by atoms with E-state index in [0.717, 1.165) is 0 Å². The third-order valence-electron chi connectivity index (χ3n) is 5.15. The van der Waals surface area contributed by atoms with Crippen LogP contribution in [0.3, 0.4) is 0 Å². The minimum Gasteiger partial charge on any atom is -0.306 e. The second-order valence-corrected chi connectivity index (χ2v) is 6.74. The van der Waals surface area contributed by atoms with Crippen LogP contribution in [0.1, 0.15) is 62.6 Å². The molecule has 0 bridgehead atoms. The number of piperidine rings is 1. The summed E-state index contributed by atoms with van der Waals surface area (Å²) in [7, 11) is 2.25. The van der Waals surface area contributed by atoms with Crippen molar-refractivity contribution < 1.29 is 0 Å². The van der Waals surface area contributed by atoms with Gasteiger partial charge in [-0.1, -0.05) is 50.5 Å². The summed E-state index contributed by atoms with van der Waals surface area (Å²) in [5, 5.41) is 0. The van der Waals surface area contributed by atoms with Gasteiger partial charge in [-0.25, -0.2) is 0 Å². The summed E-state index contributed by atoms with van der Waals surface area (Å²) in [5.41, 5.74) is 5.27. The molecule has 0 aromatic heterocycles. The zero-order chi connectivity index (χ0) is 14.6. The van der Waals surface area contributed by atoms with Crippen molar-refractivity contribution in [2.24, 2.45) is 0 Å². The molecule has 0 N–H and O–H groups in total. The third kappa shape index (κ3) is 3.25. The number of hydrogen-bond acceptors (Lipinski definition) is 1. The van der Waals surface area contributed by atoms with Gasteiger partial charge in [0.1, 0.15) is 0 Å². The molecule has 1 aromatic rings. The summed E-state index contributed by atoms with van der Waals surface area (Å²) < 4.78 is 0. The number of rotatable bonds is 1. The van der Waals surface area contributed by atoms with Crippen molar-refractivity contribution in [2.75, 3.05) is 20.1 Å². The first-order chi connectivity index (χ1) is 9.61. The molecule has 3 rings (SSSR count). The molecule has 20 heavy (non-hydrogen) atoms. The summed E-state index contributed by atoms with van der Waals surface area (Å²) in [4.78, 5) is 2.47. The zero-order valence-corrected chi connectivity index (χ0v) is 13.8. The lowest BCUT2D eigenvalue weighted by Crippen LogP contribution is -2.39. The van der Waals surface area contributed by atoms with Gasteiger partial charge in [-0.15, -0.1) is 0 Å². The van der Waals surface area contributed by atoms with E-state index in [1.54, 1.807) is 11.1 Å². The van der Waals surface area contributed by atoms with Crippen LogP contribution in [0.25, 0.3) is 0 Å². The molecule has 1 aromatic carbocycles. The largest absolute Gasteiger partial charge is 0.306 e. The van der Waals surface area contributed by atoms with Gasteiger partial charge in [-0.3, -0.25) is 0 Å². The maximum Gasteiger partial charge on any atom is -0.00133 e. The molecule has 1 heteroatoms. The molecular formula is C19H31N. The van der Waals surface area contributed by atoms with Gasteiger partial charge < -0.3 is 4.90 Å². The Kier molecular flexibility index (Phi) is 5.26. The molecule has 1 fully saturated rings. The maximum absolute atomic E-state index is 2.47. The topological polar surface area (TPSA) is 3.24 Å². The van der Waals surface area contributed by atoms with Gasteiger partial charge in [-0.05, 0) is 69.3 Å². The fraction of sp³-hybridized carbons (Fsp3) is 0.684. The summed E-state index contributed by atoms with van der Waals surface area (Å²) >= 11 is 0. The minimum atomic E-state index is 0.536. The Morgan fingerprint density at radius 2 is 1.70 bits per heavy atom. The molecule has 1 aliphatic heterocycles. The second kappa shape index (κ2) is 6.76. The first-order valence-corrected chi connectivity index (χ1v) is 8.40. The fourth-order valence-corrected chi connectivity index (χ4v) is 3.48. The molecule has 0 saturated carbocycles. The molecular weight excluding hydrogens is 242 g/mol. The zero-order valence-electron chi connectivity index (χ0n) is 13.8. The predicted octanol–water partition coefficient (Wildman–Crippen LogP) is 4.71. The van der Waals surface area contributed by atoms with Crippen LogP contribution in [-0.4, -0.2) is 25.0 Å². The molecule has 0 unspecified atom stereocenters. The monoisotopic (exact) mass is 273 g/mol. The number of aryl methyl sites for hydroxylation is 2. The Morgan fingerprint density at radius 3 is 2.30 bits per heavy atom. The predicted molar refractivity (Wildman–Crippen MR) is 88.5 cm³/mol. The number of hydrogen-bond donors (Lipinski definition) is 0. The molecule has 1 spiro atoms. The summed E-state index contributed by atoms with van der Waals surface area (Å²) in [6.07, 6.45) is 8.05. The molecule has 112 valence electrons. The number of nitrogens with zero attached hydrogens (tertiary/aromatic N) is 1. The van der Waals surface area contributed by atoms with Crippen LogP contribution in [0.4, 0.5) is 0 Å². The highest BCUT2D eigenvalue weighted by atomic mass is 15.1. The van der Waals surface area contributed by atoms with E-state index >= 15 is 0 Å². The van der Waals surface area contributed by atoms with E-state index in [4.69, 9.17) is 0 Å². The normalized spacial score (nSPS) is 20.4. The number of benzene rings is 1. The van der Waals surface area contributed by atoms with Crippen molar-refractivity contribution in [3.05, 3.63) is 34.9 Å². The van der Waals surface area contributed by atoms with Crippen molar-refractivity contribution in [1.82, 2.24) is 4.90 Å². The average molecular weight is 273 g/mol. The van der Waals surface area contributed by atoms with Crippen molar-refractivity contribution >= 4 is 0 Å². The quantitative estimate of drug-likeness (QED) is 0.716. The molecule has 0 atom stereocenters. The van der Waals surface area contributed by atoms with Crippen molar-refractivity contribution in [3.63, 3.8) is 0 Å². The van der Waals surface area contributed by atoms with Crippen LogP contribution < -0.4 is 0 Å². The van der Waals surface area contributed by atoms with E-state index in [-0.39, 0.29) is 0 Å². The van der Waals surface area contributed by atoms with Gasteiger partial charge in [0.15, 0.2) is 0 Å². The fourth-order valence-electron chi connectivity index (χ4n) is 3.48. The first kappa shape index (κ1) is 15.6. The van der Waals surface area contributed by atoms with Crippen molar-refractivity contribution in [1.29, 1.82) is 0 Å². The Morgan fingerprint density at radius 1 is 1.05 bits per heavy atom. The van der Waals surface area contributed by atoms with Crippen molar-refractivity contribution in [3.8, 4) is 0 Å². The number of likely N-dealkylation sites (tertiary alicyclic amines) is 1. The molecule has 2 aliphatic rings. The smallest absolute Gasteiger partial charge is 0.00133 e. The highest BCUT2D eigenvalue weighted by molar-refractivity contribution is 5.42. The standard InChI is InChI=1S/C15H21N.C4H10/c1-12-3-4-13-5-6-15(14(13)11-12)7-9-16(2)10-8-15;1-3-4-2/h3-4,11H,5-10H2,1-2H3;3-4H2,1-2H3. The lowest BCUT2D eigenvalue weighted by Gasteiger charge is -2.38. The van der Waals surface area contributed by atoms with Gasteiger partial charge in [0, 0.05) is 0 Å². The summed E-state index contributed by atoms with van der Waals surface area (Å²) in [6, 6.07) is 7.08. The lowest BCUT2D eigenvalue weighted by molar-refractivity contribution is 0.187. The van der Waals surface area contributed by atoms with Crippen molar-refractivity contribution in [2.45, 2.75) is 64.7 Å². The first-order valence-electron chi connectivity index (χ1n) is 8.40. The van der Waals surface area contributed by atoms with Gasteiger partial charge in [0.05, 0.1) is 0 Å². The summed E-state index contributed by atoms with van der Waals surface area (Å²) in [6.45, 7) is 9.13. The van der Waals surface area contributed by atoms with Gasteiger partial charge in [0.2, 0.25) is 0 Å². The van der Waals surface area contributed by atoms with Crippen LogP contribution in [0.15, 0.2) is 18.2 Å². The van der Waals surface area contributed by atoms with Crippen LogP contribution in [0, 0.1) is 6.92 Å². The van der Waals surface area contributed by atoms with Gasteiger partial charge in [0.25, 0.3) is 0 Å². The van der Waals surface area contributed by atoms with Crippen LogP contribution in [0.5, 0.6) is 0 Å². The van der Waals surface area contributed by atoms with Crippen LogP contribution in [0.2, 0.25) is 0 Å². The minimum absolute atomic E-state index is 0.536. The third-order valence-corrected chi connectivity index (χ3v) is 5.15. The highest BCUT2D eigenvalue weighted by Crippen LogP contribution is 2.46. The second-order valence-electron chi connectivity index (χ2n) is 6.74. The average Bonchev–Trinajstić information content (AvgIpc) is 2.81. The van der Waals surface area contributed by atoms with E-state index in [0.29, 0.717) is 5.41 Å². The number of unbranched alkanes of at least 4 members (excludes halogenated alkanes) is 1. The van der Waals surface area contributed by atoms with E-state index < -0.39 is 0 Å². The molecule has 1 aliphatic carbocycles. The molecule has 1 nitrogen and oxygen atoms in total. The summed E-state index contributed by atoms with van der Waals surface area (Å²) in [5.74, 6) is 0. The molecule has 0 radical (unpaired) electrons. The molecule has 0 amide bonds. The Balaban J connectivity index is 0.000000328. The maximum atomic E-state index is 2.47. The number of fused-ring (bicyclic) bond motifs is 2. The SMILES string of the molecule is CCCC.Cc1ccc2c(c1)C1(CC2)CCN(C)CC1. The van der Waals surface area contributed by atoms with Gasteiger partial charge >= 0.3 is 0 Å². The Labute approximate surface area is 125 Å². The molecule has 1 saturated heterocycles. The van der Waals surface area contributed by atoms with E-state index in [1.165, 1.54) is 57.2 Å². The molecule has 1 heterocycles. The Bertz CT molecular complexity index is 425. The highest BCUT2D eigenvalue weighted by Gasteiger charge is 2.40. The van der Waals surface area contributed by atoms with Crippen LogP contribution in [-0.2, 0) is 11.8 Å². The lowest BCUT2D eigenvalue weighted by atomic mass is 9.73. The van der Waals surface area contributed by atoms with Crippen LogP contribution >= 0.6 is 0 Å². The Hall–Kier alpha value is -0.820. The van der Waals surface area contributed by atoms with E-state index in [9.17, 15) is 0 Å². The van der Waals surface area contributed by atoms with E-state index in [1.807, 2.05) is 0 Å². The van der Waals surface area contributed by atoms with E-state index in [2.05, 4.69) is 50.9 Å².